The van der Waals surface area contributed by atoms with Crippen molar-refractivity contribution >= 4 is 44.7 Å². The van der Waals surface area contributed by atoms with E-state index in [4.69, 9.17) is 32.0 Å². The van der Waals surface area contributed by atoms with E-state index in [0.29, 0.717) is 18.0 Å². The summed E-state index contributed by atoms with van der Waals surface area (Å²) in [5.74, 6) is 1.33. The predicted octanol–water partition coefficient (Wildman–Crippen LogP) is 4.34. The number of nitrogens with zero attached hydrogens (tertiary/aromatic N) is 3. The van der Waals surface area contributed by atoms with Gasteiger partial charge in [0.15, 0.2) is 0 Å². The van der Waals surface area contributed by atoms with Crippen molar-refractivity contribution in [1.82, 2.24) is 9.97 Å². The summed E-state index contributed by atoms with van der Waals surface area (Å²) in [5, 5.41) is 2.46. The molecule has 142 valence electrons. The molecule has 0 unspecified atom stereocenters. The van der Waals surface area contributed by atoms with Crippen LogP contribution in [0.3, 0.4) is 0 Å². The van der Waals surface area contributed by atoms with Crippen molar-refractivity contribution in [3.05, 3.63) is 34.6 Å². The van der Waals surface area contributed by atoms with Gasteiger partial charge in [-0.25, -0.2) is 9.40 Å². The summed E-state index contributed by atoms with van der Waals surface area (Å²) in [6.07, 6.45) is 6.22. The minimum absolute atomic E-state index is 0.299. The highest BCUT2D eigenvalue weighted by Gasteiger charge is 2.22. The van der Waals surface area contributed by atoms with Crippen molar-refractivity contribution in [1.29, 1.82) is 0 Å². The zero-order valence-electron chi connectivity index (χ0n) is 15.3. The molecule has 0 radical (unpaired) electrons. The van der Waals surface area contributed by atoms with Gasteiger partial charge in [-0.2, -0.15) is 0 Å². The van der Waals surface area contributed by atoms with Gasteiger partial charge in [0.05, 0.1) is 37.5 Å². The predicted molar refractivity (Wildman–Crippen MR) is 109 cm³/mol. The van der Waals surface area contributed by atoms with Gasteiger partial charge in [0.25, 0.3) is 0 Å². The lowest BCUT2D eigenvalue weighted by atomic mass is 10.0. The fourth-order valence-corrected chi connectivity index (χ4v) is 4.82. The molecule has 0 bridgehead atoms. The van der Waals surface area contributed by atoms with Crippen molar-refractivity contribution in [2.24, 2.45) is 5.73 Å². The van der Waals surface area contributed by atoms with Crippen LogP contribution in [0.25, 0.3) is 10.8 Å². The standard InChI is InChI=1S/C19H21ClN4O2S/c1-25-11-7-12-15(10-22-14(9-21)18(12)16(8-11)26-2)24(20)19-23-13-5-3-4-6-17(13)27-19/h7-8,10H,3-6,9,21H2,1-2H3. The summed E-state index contributed by atoms with van der Waals surface area (Å²) in [7, 11) is 3.24. The molecule has 27 heavy (non-hydrogen) atoms. The first-order valence-electron chi connectivity index (χ1n) is 8.84. The Morgan fingerprint density at radius 2 is 2.04 bits per heavy atom. The van der Waals surface area contributed by atoms with Crippen molar-refractivity contribution in [2.75, 3.05) is 18.6 Å². The van der Waals surface area contributed by atoms with Crippen LogP contribution in [0.4, 0.5) is 10.8 Å². The number of fused-ring (bicyclic) bond motifs is 2. The Hall–Kier alpha value is -2.09. The third kappa shape index (κ3) is 3.20. The number of aryl methyl sites for hydroxylation is 2. The van der Waals surface area contributed by atoms with Crippen molar-refractivity contribution in [2.45, 2.75) is 32.2 Å². The van der Waals surface area contributed by atoms with Crippen molar-refractivity contribution in [3.63, 3.8) is 0 Å². The number of benzene rings is 1. The third-order valence-electron chi connectivity index (χ3n) is 4.85. The van der Waals surface area contributed by atoms with E-state index < -0.39 is 0 Å². The molecule has 0 fully saturated rings. The Labute approximate surface area is 167 Å². The van der Waals surface area contributed by atoms with Gasteiger partial charge >= 0.3 is 0 Å². The number of pyridine rings is 1. The number of halogens is 1. The van der Waals surface area contributed by atoms with E-state index in [0.717, 1.165) is 45.8 Å². The average molecular weight is 405 g/mol. The van der Waals surface area contributed by atoms with Crippen LogP contribution in [0.5, 0.6) is 11.5 Å². The normalized spacial score (nSPS) is 13.5. The number of nitrogens with two attached hydrogens (primary N) is 1. The monoisotopic (exact) mass is 404 g/mol. The van der Waals surface area contributed by atoms with Gasteiger partial charge in [0.1, 0.15) is 11.5 Å². The molecule has 6 nitrogen and oxygen atoms in total. The minimum Gasteiger partial charge on any atom is -0.497 e. The van der Waals surface area contributed by atoms with Crippen molar-refractivity contribution in [3.8, 4) is 11.5 Å². The molecule has 0 spiro atoms. The van der Waals surface area contributed by atoms with Gasteiger partial charge in [-0.3, -0.25) is 4.98 Å². The number of thiazole rings is 1. The van der Waals surface area contributed by atoms with E-state index in [9.17, 15) is 0 Å². The lowest BCUT2D eigenvalue weighted by Gasteiger charge is -2.18. The number of aromatic nitrogens is 2. The van der Waals surface area contributed by atoms with Gasteiger partial charge in [0, 0.05) is 40.0 Å². The van der Waals surface area contributed by atoms with E-state index in [2.05, 4.69) is 4.98 Å². The van der Waals surface area contributed by atoms with Gasteiger partial charge in [-0.1, -0.05) is 0 Å². The van der Waals surface area contributed by atoms with E-state index in [1.807, 2.05) is 12.1 Å². The molecule has 2 N–H and O–H groups in total. The molecule has 1 aromatic carbocycles. The van der Waals surface area contributed by atoms with Crippen LogP contribution in [0.2, 0.25) is 0 Å². The number of methoxy groups -OCH3 is 2. The Bertz CT molecular complexity index is 968. The number of anilines is 2. The third-order valence-corrected chi connectivity index (χ3v) is 6.43. The fraction of sp³-hybridized carbons (Fsp3) is 0.368. The molecule has 0 saturated heterocycles. The second-order valence-electron chi connectivity index (χ2n) is 6.40. The molecular weight excluding hydrogens is 384 g/mol. The summed E-state index contributed by atoms with van der Waals surface area (Å²) in [6.45, 7) is 0.299. The smallest absolute Gasteiger partial charge is 0.205 e. The SMILES string of the molecule is COc1cc(OC)c2c(CN)ncc(N(Cl)c3nc4c(s3)CCCC4)c2c1. The minimum atomic E-state index is 0.299. The van der Waals surface area contributed by atoms with Gasteiger partial charge in [-0.15, -0.1) is 11.3 Å². The average Bonchev–Trinajstić information content (AvgIpc) is 3.15. The van der Waals surface area contributed by atoms with Crippen LogP contribution in [-0.2, 0) is 19.4 Å². The lowest BCUT2D eigenvalue weighted by molar-refractivity contribution is 0.397. The molecule has 0 saturated carbocycles. The van der Waals surface area contributed by atoms with Crippen LogP contribution < -0.4 is 19.6 Å². The molecule has 1 aliphatic rings. The summed E-state index contributed by atoms with van der Waals surface area (Å²) in [5.41, 5.74) is 8.55. The Kier molecular flexibility index (Phi) is 5.08. The Balaban J connectivity index is 1.89. The van der Waals surface area contributed by atoms with Crippen LogP contribution in [0, 0.1) is 0 Å². The lowest BCUT2D eigenvalue weighted by Crippen LogP contribution is -2.07. The molecule has 1 aliphatic carbocycles. The molecule has 0 aliphatic heterocycles. The molecule has 3 aromatic rings. The maximum Gasteiger partial charge on any atom is 0.205 e. The van der Waals surface area contributed by atoms with E-state index >= 15 is 0 Å². The number of rotatable bonds is 5. The Morgan fingerprint density at radius 1 is 1.22 bits per heavy atom. The number of hydrogen-bond acceptors (Lipinski definition) is 7. The van der Waals surface area contributed by atoms with Crippen molar-refractivity contribution < 1.29 is 9.47 Å². The topological polar surface area (TPSA) is 73.5 Å². The molecule has 8 heteroatoms. The number of hydrogen-bond donors (Lipinski definition) is 1. The molecule has 2 heterocycles. The largest absolute Gasteiger partial charge is 0.497 e. The van der Waals surface area contributed by atoms with E-state index in [-0.39, 0.29) is 0 Å². The van der Waals surface area contributed by atoms with Crippen LogP contribution in [0.1, 0.15) is 29.1 Å². The molecular formula is C19H21ClN4O2S. The maximum atomic E-state index is 6.75. The maximum absolute atomic E-state index is 6.75. The highest BCUT2D eigenvalue weighted by molar-refractivity contribution is 7.16. The zero-order valence-corrected chi connectivity index (χ0v) is 16.9. The quantitative estimate of drug-likeness (QED) is 0.638. The van der Waals surface area contributed by atoms with Crippen LogP contribution >= 0.6 is 23.1 Å². The first kappa shape index (κ1) is 18.3. The first-order valence-corrected chi connectivity index (χ1v) is 10.00. The second-order valence-corrected chi connectivity index (χ2v) is 7.80. The highest BCUT2D eigenvalue weighted by Crippen LogP contribution is 2.42. The van der Waals surface area contributed by atoms with Crippen LogP contribution in [-0.4, -0.2) is 24.2 Å². The molecule has 2 aromatic heterocycles. The molecule has 0 amide bonds. The second kappa shape index (κ2) is 7.50. The fourth-order valence-electron chi connectivity index (χ4n) is 3.48. The van der Waals surface area contributed by atoms with Gasteiger partial charge in [0.2, 0.25) is 5.13 Å². The van der Waals surface area contributed by atoms with E-state index in [1.165, 1.54) is 17.7 Å². The molecule has 0 atom stereocenters. The van der Waals surface area contributed by atoms with Gasteiger partial charge in [-0.05, 0) is 31.7 Å². The highest BCUT2D eigenvalue weighted by atomic mass is 35.5. The molecule has 4 rings (SSSR count). The first-order chi connectivity index (χ1) is 13.2. The summed E-state index contributed by atoms with van der Waals surface area (Å²) in [6, 6.07) is 3.75. The summed E-state index contributed by atoms with van der Waals surface area (Å²) >= 11 is 8.39. The van der Waals surface area contributed by atoms with Gasteiger partial charge < -0.3 is 15.2 Å². The number of ether oxygens (including phenoxy) is 2. The summed E-state index contributed by atoms with van der Waals surface area (Å²) < 4.78 is 12.6. The zero-order chi connectivity index (χ0) is 19.0. The van der Waals surface area contributed by atoms with Crippen LogP contribution in [0.15, 0.2) is 18.3 Å². The summed E-state index contributed by atoms with van der Waals surface area (Å²) in [4.78, 5) is 10.6. The van der Waals surface area contributed by atoms with E-state index in [1.54, 1.807) is 36.2 Å². The Morgan fingerprint density at radius 3 is 2.74 bits per heavy atom.